The Morgan fingerprint density at radius 1 is 0.379 bits per heavy atom. The van der Waals surface area contributed by atoms with Crippen LogP contribution in [0.3, 0.4) is 0 Å². The SMILES string of the molecule is C=CCCCCCCCCCOc1ccc(N(c2ccc(-c3ccc(N(c4ccccc4)c4cccc5ccccc45)cc3)cc2)c2cccc3ccccc23)cc1. The zero-order valence-electron chi connectivity index (χ0n) is 33.3. The Balaban J connectivity index is 1.02. The lowest BCUT2D eigenvalue weighted by atomic mass is 10.0. The van der Waals surface area contributed by atoms with Gasteiger partial charge in [0.2, 0.25) is 0 Å². The average Bonchev–Trinajstić information content (AvgIpc) is 3.29. The standard InChI is InChI=1S/C55H52N2O/c1-2-3-4-5-6-7-8-9-17-42-58-51-40-38-50(39-41-51)57(55-29-19-23-46-21-14-16-27-53(46)55)49-36-32-44(33-37-49)43-30-34-48(35-31-43)56(47-24-11-10-12-25-47)54-28-18-22-45-20-13-15-26-52(45)54/h2,10-16,18-41H,1,3-9,17,42H2. The number of allylic oxidation sites excluding steroid dienone is 1. The van der Waals surface area contributed by atoms with E-state index in [2.05, 4.69) is 204 Å². The second-order valence-corrected chi connectivity index (χ2v) is 15.0. The van der Waals surface area contributed by atoms with Gasteiger partial charge < -0.3 is 14.5 Å². The van der Waals surface area contributed by atoms with Crippen molar-refractivity contribution in [3.05, 3.63) is 201 Å². The molecule has 0 heterocycles. The molecule has 8 rings (SSSR count). The van der Waals surface area contributed by atoms with E-state index in [9.17, 15) is 0 Å². The second-order valence-electron chi connectivity index (χ2n) is 15.0. The molecule has 3 heteroatoms. The van der Waals surface area contributed by atoms with Crippen LogP contribution in [0.5, 0.6) is 5.75 Å². The summed E-state index contributed by atoms with van der Waals surface area (Å²) in [6.45, 7) is 4.57. The van der Waals surface area contributed by atoms with Crippen LogP contribution in [0.25, 0.3) is 32.7 Å². The molecular formula is C55H52N2O. The van der Waals surface area contributed by atoms with Gasteiger partial charge >= 0.3 is 0 Å². The van der Waals surface area contributed by atoms with Crippen LogP contribution in [-0.2, 0) is 0 Å². The molecule has 0 fully saturated rings. The molecular weight excluding hydrogens is 705 g/mol. The molecule has 0 N–H and O–H groups in total. The Bertz CT molecular complexity index is 2510. The molecule has 3 nitrogen and oxygen atoms in total. The first-order valence-electron chi connectivity index (χ1n) is 20.9. The highest BCUT2D eigenvalue weighted by molar-refractivity contribution is 6.00. The number of nitrogens with zero attached hydrogens (tertiary/aromatic N) is 2. The number of rotatable bonds is 18. The number of anilines is 6. The van der Waals surface area contributed by atoms with Gasteiger partial charge in [0.05, 0.1) is 18.0 Å². The Hall–Kier alpha value is -6.58. The molecule has 0 saturated carbocycles. The Labute approximate surface area is 344 Å². The highest BCUT2D eigenvalue weighted by atomic mass is 16.5. The van der Waals surface area contributed by atoms with E-state index in [0.29, 0.717) is 0 Å². The molecule has 288 valence electrons. The number of hydrogen-bond acceptors (Lipinski definition) is 3. The van der Waals surface area contributed by atoms with Crippen molar-refractivity contribution in [3.8, 4) is 16.9 Å². The number of fused-ring (bicyclic) bond motifs is 2. The summed E-state index contributed by atoms with van der Waals surface area (Å²) in [5, 5.41) is 4.87. The quantitative estimate of drug-likeness (QED) is 0.0640. The van der Waals surface area contributed by atoms with Gasteiger partial charge in [-0.25, -0.2) is 0 Å². The highest BCUT2D eigenvalue weighted by Crippen LogP contribution is 2.42. The minimum absolute atomic E-state index is 0.749. The molecule has 0 atom stereocenters. The van der Waals surface area contributed by atoms with Gasteiger partial charge in [-0.05, 0) is 114 Å². The van der Waals surface area contributed by atoms with Gasteiger partial charge in [0, 0.05) is 33.5 Å². The molecule has 0 amide bonds. The first-order valence-corrected chi connectivity index (χ1v) is 20.9. The Kier molecular flexibility index (Phi) is 12.6. The summed E-state index contributed by atoms with van der Waals surface area (Å²) in [5.74, 6) is 0.913. The van der Waals surface area contributed by atoms with Crippen molar-refractivity contribution in [1.29, 1.82) is 0 Å². The minimum Gasteiger partial charge on any atom is -0.494 e. The van der Waals surface area contributed by atoms with E-state index in [1.54, 1.807) is 0 Å². The molecule has 0 aliphatic carbocycles. The first-order chi connectivity index (χ1) is 28.8. The predicted octanol–water partition coefficient (Wildman–Crippen LogP) is 16.3. The summed E-state index contributed by atoms with van der Waals surface area (Å²) < 4.78 is 6.21. The molecule has 0 aliphatic rings. The molecule has 8 aromatic rings. The van der Waals surface area contributed by atoms with Crippen LogP contribution in [0.1, 0.15) is 51.4 Å². The van der Waals surface area contributed by atoms with E-state index in [1.807, 2.05) is 6.08 Å². The van der Waals surface area contributed by atoms with Crippen LogP contribution in [-0.4, -0.2) is 6.61 Å². The van der Waals surface area contributed by atoms with E-state index in [1.165, 1.54) is 71.2 Å². The van der Waals surface area contributed by atoms with E-state index in [-0.39, 0.29) is 0 Å². The van der Waals surface area contributed by atoms with Crippen LogP contribution in [0.15, 0.2) is 201 Å². The summed E-state index contributed by atoms with van der Waals surface area (Å²) in [6, 6.07) is 67.4. The van der Waals surface area contributed by atoms with Gasteiger partial charge in [-0.1, -0.05) is 153 Å². The van der Waals surface area contributed by atoms with Gasteiger partial charge in [0.15, 0.2) is 0 Å². The third kappa shape index (κ3) is 9.01. The number of unbranched alkanes of at least 4 members (excludes halogenated alkanes) is 7. The maximum atomic E-state index is 6.21. The van der Waals surface area contributed by atoms with Crippen LogP contribution < -0.4 is 14.5 Å². The van der Waals surface area contributed by atoms with Gasteiger partial charge in [0.1, 0.15) is 5.75 Å². The largest absolute Gasteiger partial charge is 0.494 e. The molecule has 58 heavy (non-hydrogen) atoms. The van der Waals surface area contributed by atoms with Crippen LogP contribution in [0.2, 0.25) is 0 Å². The third-order valence-electron chi connectivity index (χ3n) is 11.0. The summed E-state index contributed by atoms with van der Waals surface area (Å²) >= 11 is 0. The summed E-state index contributed by atoms with van der Waals surface area (Å²) in [5.41, 5.74) is 9.06. The zero-order valence-corrected chi connectivity index (χ0v) is 33.3. The normalized spacial score (nSPS) is 11.1. The fourth-order valence-corrected chi connectivity index (χ4v) is 8.00. The van der Waals surface area contributed by atoms with Gasteiger partial charge in [0.25, 0.3) is 0 Å². The first kappa shape index (κ1) is 38.3. The fourth-order valence-electron chi connectivity index (χ4n) is 8.00. The lowest BCUT2D eigenvalue weighted by Gasteiger charge is -2.27. The maximum Gasteiger partial charge on any atom is 0.119 e. The summed E-state index contributed by atoms with van der Waals surface area (Å²) in [4.78, 5) is 4.71. The lowest BCUT2D eigenvalue weighted by molar-refractivity contribution is 0.304. The Morgan fingerprint density at radius 3 is 1.31 bits per heavy atom. The number of para-hydroxylation sites is 1. The molecule has 0 saturated heterocycles. The predicted molar refractivity (Wildman–Crippen MR) is 249 cm³/mol. The summed E-state index contributed by atoms with van der Waals surface area (Å²) in [6.07, 6.45) is 11.9. The van der Waals surface area contributed by atoms with Gasteiger partial charge in [-0.3, -0.25) is 0 Å². The molecule has 0 radical (unpaired) electrons. The van der Waals surface area contributed by atoms with Crippen molar-refractivity contribution in [2.45, 2.75) is 51.4 Å². The van der Waals surface area contributed by atoms with Crippen molar-refractivity contribution in [2.75, 3.05) is 16.4 Å². The molecule has 8 aromatic carbocycles. The second kappa shape index (κ2) is 19.0. The molecule has 0 bridgehead atoms. The van der Waals surface area contributed by atoms with Crippen LogP contribution in [0, 0.1) is 0 Å². The number of benzene rings is 8. The van der Waals surface area contributed by atoms with Crippen molar-refractivity contribution in [3.63, 3.8) is 0 Å². The molecule has 0 spiro atoms. The smallest absolute Gasteiger partial charge is 0.119 e. The maximum absolute atomic E-state index is 6.21. The monoisotopic (exact) mass is 756 g/mol. The van der Waals surface area contributed by atoms with E-state index in [0.717, 1.165) is 59.3 Å². The van der Waals surface area contributed by atoms with Crippen LogP contribution in [0.4, 0.5) is 34.1 Å². The van der Waals surface area contributed by atoms with Crippen molar-refractivity contribution >= 4 is 55.7 Å². The van der Waals surface area contributed by atoms with Crippen molar-refractivity contribution < 1.29 is 4.74 Å². The third-order valence-corrected chi connectivity index (χ3v) is 11.0. The fraction of sp³-hybridized carbons (Fsp3) is 0.164. The zero-order chi connectivity index (χ0) is 39.4. The highest BCUT2D eigenvalue weighted by Gasteiger charge is 2.17. The topological polar surface area (TPSA) is 15.7 Å². The van der Waals surface area contributed by atoms with Gasteiger partial charge in [-0.2, -0.15) is 0 Å². The number of ether oxygens (including phenoxy) is 1. The molecule has 0 aliphatic heterocycles. The lowest BCUT2D eigenvalue weighted by Crippen LogP contribution is -2.10. The van der Waals surface area contributed by atoms with Crippen molar-refractivity contribution in [2.24, 2.45) is 0 Å². The number of hydrogen-bond donors (Lipinski definition) is 0. The van der Waals surface area contributed by atoms with Gasteiger partial charge in [-0.15, -0.1) is 6.58 Å². The Morgan fingerprint density at radius 2 is 0.793 bits per heavy atom. The average molecular weight is 757 g/mol. The molecule has 0 unspecified atom stereocenters. The van der Waals surface area contributed by atoms with Crippen molar-refractivity contribution in [1.82, 2.24) is 0 Å². The van der Waals surface area contributed by atoms with E-state index >= 15 is 0 Å². The summed E-state index contributed by atoms with van der Waals surface area (Å²) in [7, 11) is 0. The van der Waals surface area contributed by atoms with E-state index < -0.39 is 0 Å². The van der Waals surface area contributed by atoms with E-state index in [4.69, 9.17) is 4.74 Å². The molecule has 0 aromatic heterocycles. The van der Waals surface area contributed by atoms with Crippen LogP contribution >= 0.6 is 0 Å². The minimum atomic E-state index is 0.749.